The average Bonchev–Trinajstić information content (AvgIpc) is 2.54. The van der Waals surface area contributed by atoms with Gasteiger partial charge >= 0.3 is 0 Å². The van der Waals surface area contributed by atoms with E-state index in [4.69, 9.17) is 0 Å². The van der Waals surface area contributed by atoms with Crippen LogP contribution in [0.2, 0.25) is 0 Å². The van der Waals surface area contributed by atoms with Crippen LogP contribution < -0.4 is 5.32 Å². The lowest BCUT2D eigenvalue weighted by Gasteiger charge is -2.31. The van der Waals surface area contributed by atoms with E-state index in [1.165, 1.54) is 0 Å². The third-order valence-electron chi connectivity index (χ3n) is 4.69. The van der Waals surface area contributed by atoms with Gasteiger partial charge < -0.3 is 5.32 Å². The molecule has 0 aliphatic carbocycles. The highest BCUT2D eigenvalue weighted by atomic mass is 32.2. The summed E-state index contributed by atoms with van der Waals surface area (Å²) in [5.41, 5.74) is 0. The molecule has 1 saturated heterocycles. The van der Waals surface area contributed by atoms with E-state index in [9.17, 15) is 13.2 Å². The Labute approximate surface area is 141 Å². The largest absolute Gasteiger partial charge is 0.354 e. The van der Waals surface area contributed by atoms with E-state index in [2.05, 4.69) is 31.0 Å². The second-order valence-electron chi connectivity index (χ2n) is 6.30. The van der Waals surface area contributed by atoms with Crippen molar-refractivity contribution >= 4 is 15.9 Å². The highest BCUT2D eigenvalue weighted by Gasteiger charge is 2.30. The zero-order chi connectivity index (χ0) is 17.5. The number of carbonyl (C=O) groups is 1. The normalized spacial score (nSPS) is 19.0. The summed E-state index contributed by atoms with van der Waals surface area (Å²) >= 11 is 0. The van der Waals surface area contributed by atoms with Gasteiger partial charge in [-0.15, -0.1) is 0 Å². The number of amides is 1. The Morgan fingerprint density at radius 1 is 1.22 bits per heavy atom. The van der Waals surface area contributed by atoms with E-state index < -0.39 is 10.0 Å². The summed E-state index contributed by atoms with van der Waals surface area (Å²) in [4.78, 5) is 14.6. The molecule has 7 heteroatoms. The fraction of sp³-hybridized carbons (Fsp3) is 0.938. The van der Waals surface area contributed by atoms with Crippen LogP contribution in [-0.4, -0.2) is 68.0 Å². The number of hydrogen-bond acceptors (Lipinski definition) is 4. The second kappa shape index (κ2) is 9.59. The molecule has 23 heavy (non-hydrogen) atoms. The van der Waals surface area contributed by atoms with Gasteiger partial charge in [-0.25, -0.2) is 12.7 Å². The highest BCUT2D eigenvalue weighted by Crippen LogP contribution is 2.20. The summed E-state index contributed by atoms with van der Waals surface area (Å²) in [7, 11) is -3.13. The highest BCUT2D eigenvalue weighted by molar-refractivity contribution is 7.89. The van der Waals surface area contributed by atoms with Gasteiger partial charge in [0.05, 0.1) is 5.75 Å². The Bertz CT molecular complexity index is 455. The number of rotatable bonds is 9. The molecule has 0 aromatic rings. The van der Waals surface area contributed by atoms with Gasteiger partial charge in [0, 0.05) is 31.6 Å². The van der Waals surface area contributed by atoms with Crippen LogP contribution in [0.5, 0.6) is 0 Å². The van der Waals surface area contributed by atoms with Gasteiger partial charge in [-0.3, -0.25) is 9.69 Å². The van der Waals surface area contributed by atoms with Crippen LogP contribution in [-0.2, 0) is 14.8 Å². The Balaban J connectivity index is 2.41. The standard InChI is InChI=1S/C16H33N3O3S/c1-5-12-23(21,22)19-10-8-15(9-11-19)16(20)17-13-14(4)18(6-2)7-3/h14-15H,5-13H2,1-4H3,(H,17,20). The van der Waals surface area contributed by atoms with Gasteiger partial charge in [0.25, 0.3) is 0 Å². The van der Waals surface area contributed by atoms with Crippen LogP contribution in [0.1, 0.15) is 47.0 Å². The van der Waals surface area contributed by atoms with Crippen molar-refractivity contribution in [1.82, 2.24) is 14.5 Å². The van der Waals surface area contributed by atoms with Gasteiger partial charge in [-0.2, -0.15) is 0 Å². The first-order valence-corrected chi connectivity index (χ1v) is 10.5. The predicted molar refractivity (Wildman–Crippen MR) is 93.8 cm³/mol. The molecule has 0 aromatic heterocycles. The molecule has 1 fully saturated rings. The zero-order valence-electron chi connectivity index (χ0n) is 15.0. The van der Waals surface area contributed by atoms with Gasteiger partial charge in [0.1, 0.15) is 0 Å². The molecule has 136 valence electrons. The van der Waals surface area contributed by atoms with Crippen LogP contribution in [0.25, 0.3) is 0 Å². The maximum absolute atomic E-state index is 12.3. The van der Waals surface area contributed by atoms with E-state index in [-0.39, 0.29) is 17.6 Å². The number of nitrogens with zero attached hydrogens (tertiary/aromatic N) is 2. The van der Waals surface area contributed by atoms with E-state index >= 15 is 0 Å². The van der Waals surface area contributed by atoms with Crippen LogP contribution in [0.15, 0.2) is 0 Å². The molecule has 1 rings (SSSR count). The molecule has 1 amide bonds. The molecule has 1 unspecified atom stereocenters. The van der Waals surface area contributed by atoms with E-state index in [1.807, 2.05) is 6.92 Å². The van der Waals surface area contributed by atoms with Crippen molar-refractivity contribution in [3.05, 3.63) is 0 Å². The fourth-order valence-electron chi connectivity index (χ4n) is 3.15. The molecule has 1 heterocycles. The molecule has 1 aliphatic heterocycles. The Kier molecular flexibility index (Phi) is 8.50. The number of likely N-dealkylation sites (N-methyl/N-ethyl adjacent to an activating group) is 1. The van der Waals surface area contributed by atoms with Crippen molar-refractivity contribution in [3.8, 4) is 0 Å². The van der Waals surface area contributed by atoms with Crippen LogP contribution >= 0.6 is 0 Å². The van der Waals surface area contributed by atoms with Crippen molar-refractivity contribution in [1.29, 1.82) is 0 Å². The molecule has 0 bridgehead atoms. The summed E-state index contributed by atoms with van der Waals surface area (Å²) in [6, 6.07) is 0.318. The van der Waals surface area contributed by atoms with Gasteiger partial charge in [0.2, 0.25) is 15.9 Å². The SMILES string of the molecule is CCCS(=O)(=O)N1CCC(C(=O)NCC(C)N(CC)CC)CC1. The van der Waals surface area contributed by atoms with Gasteiger partial charge in [-0.1, -0.05) is 20.8 Å². The Morgan fingerprint density at radius 2 is 1.78 bits per heavy atom. The van der Waals surface area contributed by atoms with E-state index in [0.29, 0.717) is 44.9 Å². The van der Waals surface area contributed by atoms with Crippen LogP contribution in [0, 0.1) is 5.92 Å². The molecule has 0 aromatic carbocycles. The van der Waals surface area contributed by atoms with Crippen LogP contribution in [0.4, 0.5) is 0 Å². The smallest absolute Gasteiger partial charge is 0.223 e. The summed E-state index contributed by atoms with van der Waals surface area (Å²) in [6.45, 7) is 11.7. The lowest BCUT2D eigenvalue weighted by molar-refractivity contribution is -0.126. The first kappa shape index (κ1) is 20.4. The predicted octanol–water partition coefficient (Wildman–Crippen LogP) is 1.28. The second-order valence-corrected chi connectivity index (χ2v) is 8.39. The molecule has 0 spiro atoms. The quantitative estimate of drug-likeness (QED) is 0.682. The van der Waals surface area contributed by atoms with Crippen molar-refractivity contribution in [2.75, 3.05) is 38.5 Å². The first-order valence-electron chi connectivity index (χ1n) is 8.85. The monoisotopic (exact) mass is 347 g/mol. The number of carbonyl (C=O) groups excluding carboxylic acids is 1. The van der Waals surface area contributed by atoms with Crippen molar-refractivity contribution in [2.45, 2.75) is 53.0 Å². The molecule has 1 aliphatic rings. The van der Waals surface area contributed by atoms with Crippen molar-refractivity contribution in [2.24, 2.45) is 5.92 Å². The summed E-state index contributed by atoms with van der Waals surface area (Å²) < 4.78 is 25.6. The number of nitrogens with one attached hydrogen (secondary N) is 1. The average molecular weight is 348 g/mol. The number of sulfonamides is 1. The molecule has 1 N–H and O–H groups in total. The molecule has 1 atom stereocenters. The summed E-state index contributed by atoms with van der Waals surface area (Å²) in [5.74, 6) is 0.203. The lowest BCUT2D eigenvalue weighted by Crippen LogP contribution is -2.46. The maximum atomic E-state index is 12.3. The molecular formula is C16H33N3O3S. The minimum Gasteiger partial charge on any atom is -0.354 e. The number of piperidine rings is 1. The summed E-state index contributed by atoms with van der Waals surface area (Å²) in [5, 5.41) is 3.03. The fourth-order valence-corrected chi connectivity index (χ4v) is 4.69. The third-order valence-corrected chi connectivity index (χ3v) is 6.76. The van der Waals surface area contributed by atoms with Crippen molar-refractivity contribution in [3.63, 3.8) is 0 Å². The van der Waals surface area contributed by atoms with Crippen LogP contribution in [0.3, 0.4) is 0 Å². The molecular weight excluding hydrogens is 314 g/mol. The molecule has 0 radical (unpaired) electrons. The Morgan fingerprint density at radius 3 is 2.26 bits per heavy atom. The van der Waals surface area contributed by atoms with Gasteiger partial charge in [-0.05, 0) is 39.3 Å². The lowest BCUT2D eigenvalue weighted by atomic mass is 9.97. The third kappa shape index (κ3) is 6.04. The van der Waals surface area contributed by atoms with Crippen molar-refractivity contribution < 1.29 is 13.2 Å². The summed E-state index contributed by atoms with van der Waals surface area (Å²) in [6.07, 6.45) is 1.87. The maximum Gasteiger partial charge on any atom is 0.223 e. The molecule has 6 nitrogen and oxygen atoms in total. The first-order chi connectivity index (χ1) is 10.9. The number of hydrogen-bond donors (Lipinski definition) is 1. The Hall–Kier alpha value is -0.660. The minimum absolute atomic E-state index is 0.0630. The van der Waals surface area contributed by atoms with Gasteiger partial charge in [0.15, 0.2) is 0 Å². The minimum atomic E-state index is -3.13. The topological polar surface area (TPSA) is 69.7 Å². The zero-order valence-corrected chi connectivity index (χ0v) is 15.9. The molecule has 0 saturated carbocycles. The van der Waals surface area contributed by atoms with E-state index in [1.54, 1.807) is 4.31 Å². The van der Waals surface area contributed by atoms with E-state index in [0.717, 1.165) is 13.1 Å².